The van der Waals surface area contributed by atoms with Crippen LogP contribution in [-0.4, -0.2) is 59.8 Å². The van der Waals surface area contributed by atoms with Gasteiger partial charge >= 0.3 is 11.9 Å². The molecule has 0 radical (unpaired) electrons. The molecule has 230 valence electrons. The van der Waals surface area contributed by atoms with Crippen molar-refractivity contribution < 1.29 is 38.7 Å². The highest BCUT2D eigenvalue weighted by atomic mass is 16.5. The summed E-state index contributed by atoms with van der Waals surface area (Å²) in [5, 5.41) is 20.6. The average molecular weight is 583 g/mol. The van der Waals surface area contributed by atoms with E-state index in [4.69, 9.17) is 18.9 Å². The molecule has 2 aromatic rings. The maximum atomic E-state index is 11.6. The standard InChI is InChI=1S/C34H46O8/c1-9-30(18-29(36)20-40-33(37)21(2)3)42-32-13-11-27(15-24(32)7)17-26-10-12-31(23(6)14-26)39-19-28(35)16-25(8)41-34(38)22(4)5/h10-15,25,28-30,35-36H,2,4,9,16-20H2,1,3,5-8H3. The van der Waals surface area contributed by atoms with Crippen molar-refractivity contribution in [2.75, 3.05) is 13.2 Å². The van der Waals surface area contributed by atoms with E-state index in [1.807, 2.05) is 45.0 Å². The van der Waals surface area contributed by atoms with Gasteiger partial charge in [-0.15, -0.1) is 0 Å². The van der Waals surface area contributed by atoms with Crippen LogP contribution in [0.3, 0.4) is 0 Å². The van der Waals surface area contributed by atoms with E-state index in [-0.39, 0.29) is 25.7 Å². The SMILES string of the molecule is C=C(C)C(=O)OCC(O)CC(CC)Oc1ccc(Cc2ccc(OCC(O)CC(C)OC(=O)C(=C)C)c(C)c2)cc1C. The zero-order valence-electron chi connectivity index (χ0n) is 25.8. The zero-order chi connectivity index (χ0) is 31.4. The van der Waals surface area contributed by atoms with Gasteiger partial charge < -0.3 is 29.2 Å². The zero-order valence-corrected chi connectivity index (χ0v) is 25.8. The molecule has 0 aromatic heterocycles. The van der Waals surface area contributed by atoms with Crippen molar-refractivity contribution in [3.8, 4) is 11.5 Å². The maximum Gasteiger partial charge on any atom is 0.333 e. The van der Waals surface area contributed by atoms with Crippen LogP contribution in [0.5, 0.6) is 11.5 Å². The van der Waals surface area contributed by atoms with Gasteiger partial charge in [0, 0.05) is 24.0 Å². The van der Waals surface area contributed by atoms with E-state index in [1.54, 1.807) is 20.8 Å². The molecule has 2 N–H and O–H groups in total. The summed E-state index contributed by atoms with van der Waals surface area (Å²) in [7, 11) is 0. The van der Waals surface area contributed by atoms with Crippen LogP contribution in [-0.2, 0) is 25.5 Å². The van der Waals surface area contributed by atoms with Crippen LogP contribution < -0.4 is 9.47 Å². The Balaban J connectivity index is 1.91. The third-order valence-corrected chi connectivity index (χ3v) is 6.62. The molecule has 2 rings (SSSR count). The second-order valence-electron chi connectivity index (χ2n) is 11.0. The van der Waals surface area contributed by atoms with Gasteiger partial charge in [0.2, 0.25) is 0 Å². The minimum absolute atomic E-state index is 0.0885. The molecular weight excluding hydrogens is 536 g/mol. The van der Waals surface area contributed by atoms with Crippen LogP contribution in [0.25, 0.3) is 0 Å². The van der Waals surface area contributed by atoms with Crippen LogP contribution in [0.1, 0.15) is 69.2 Å². The van der Waals surface area contributed by atoms with Crippen LogP contribution in [0.15, 0.2) is 60.7 Å². The molecule has 0 fully saturated rings. The first-order valence-corrected chi connectivity index (χ1v) is 14.3. The van der Waals surface area contributed by atoms with Crippen molar-refractivity contribution in [2.24, 2.45) is 0 Å². The molecule has 0 aliphatic carbocycles. The van der Waals surface area contributed by atoms with Crippen LogP contribution in [0.4, 0.5) is 0 Å². The van der Waals surface area contributed by atoms with E-state index in [0.717, 1.165) is 34.4 Å². The van der Waals surface area contributed by atoms with Gasteiger partial charge in [0.1, 0.15) is 36.9 Å². The van der Waals surface area contributed by atoms with E-state index in [2.05, 4.69) is 25.3 Å². The summed E-state index contributed by atoms with van der Waals surface area (Å²) < 4.78 is 22.3. The Labute approximate surface area is 250 Å². The lowest BCUT2D eigenvalue weighted by Gasteiger charge is -2.22. The quantitative estimate of drug-likeness (QED) is 0.184. The highest BCUT2D eigenvalue weighted by Crippen LogP contribution is 2.26. The summed E-state index contributed by atoms with van der Waals surface area (Å²) in [6.07, 6.45) is -0.265. The molecule has 8 nitrogen and oxygen atoms in total. The summed E-state index contributed by atoms with van der Waals surface area (Å²) in [5.41, 5.74) is 4.80. The van der Waals surface area contributed by atoms with Gasteiger partial charge in [0.25, 0.3) is 0 Å². The predicted molar refractivity (Wildman–Crippen MR) is 163 cm³/mol. The molecule has 0 bridgehead atoms. The van der Waals surface area contributed by atoms with Gasteiger partial charge in [-0.25, -0.2) is 9.59 Å². The number of aliphatic hydroxyl groups excluding tert-OH is 2. The average Bonchev–Trinajstić information content (AvgIpc) is 2.91. The highest BCUT2D eigenvalue weighted by molar-refractivity contribution is 5.87. The first kappa shape index (κ1) is 34.6. The van der Waals surface area contributed by atoms with Crippen LogP contribution in [0.2, 0.25) is 0 Å². The van der Waals surface area contributed by atoms with Gasteiger partial charge in [0.05, 0.1) is 12.2 Å². The van der Waals surface area contributed by atoms with E-state index in [0.29, 0.717) is 29.7 Å². The number of carbonyl (C=O) groups excluding carboxylic acids is 2. The molecule has 0 saturated heterocycles. The first-order chi connectivity index (χ1) is 19.8. The third-order valence-electron chi connectivity index (χ3n) is 6.62. The van der Waals surface area contributed by atoms with Crippen LogP contribution in [0, 0.1) is 13.8 Å². The maximum absolute atomic E-state index is 11.6. The second kappa shape index (κ2) is 16.7. The summed E-state index contributed by atoms with van der Waals surface area (Å²) >= 11 is 0. The van der Waals surface area contributed by atoms with Crippen LogP contribution >= 0.6 is 0 Å². The van der Waals surface area contributed by atoms with Crippen molar-refractivity contribution in [3.63, 3.8) is 0 Å². The lowest BCUT2D eigenvalue weighted by atomic mass is 10.0. The fourth-order valence-electron chi connectivity index (χ4n) is 4.29. The molecular formula is C34H46O8. The van der Waals surface area contributed by atoms with E-state index in [1.165, 1.54) is 0 Å². The summed E-state index contributed by atoms with van der Waals surface area (Å²) in [6, 6.07) is 12.0. The fourth-order valence-corrected chi connectivity index (χ4v) is 4.29. The number of esters is 2. The Morgan fingerprint density at radius 1 is 0.833 bits per heavy atom. The summed E-state index contributed by atoms with van der Waals surface area (Å²) in [4.78, 5) is 23.2. The molecule has 0 saturated carbocycles. The van der Waals surface area contributed by atoms with Gasteiger partial charge in [-0.1, -0.05) is 44.3 Å². The van der Waals surface area contributed by atoms with E-state index >= 15 is 0 Å². The van der Waals surface area contributed by atoms with Crippen molar-refractivity contribution in [1.82, 2.24) is 0 Å². The summed E-state index contributed by atoms with van der Waals surface area (Å²) in [6.45, 7) is 17.9. The molecule has 0 spiro atoms. The Hall–Kier alpha value is -3.62. The van der Waals surface area contributed by atoms with Gasteiger partial charge in [0.15, 0.2) is 0 Å². The topological polar surface area (TPSA) is 112 Å². The molecule has 0 aliphatic heterocycles. The number of rotatable bonds is 17. The highest BCUT2D eigenvalue weighted by Gasteiger charge is 2.18. The second-order valence-corrected chi connectivity index (χ2v) is 11.0. The Bertz CT molecular complexity index is 1230. The lowest BCUT2D eigenvalue weighted by Crippen LogP contribution is -2.27. The molecule has 0 heterocycles. The van der Waals surface area contributed by atoms with Crippen molar-refractivity contribution >= 4 is 11.9 Å². The first-order valence-electron chi connectivity index (χ1n) is 14.3. The fraction of sp³-hybridized carbons (Fsp3) is 0.471. The van der Waals surface area contributed by atoms with Gasteiger partial charge in [-0.3, -0.25) is 0 Å². The largest absolute Gasteiger partial charge is 0.491 e. The summed E-state index contributed by atoms with van der Waals surface area (Å²) in [5.74, 6) is 0.446. The van der Waals surface area contributed by atoms with Crippen molar-refractivity contribution in [1.29, 1.82) is 0 Å². The van der Waals surface area contributed by atoms with Gasteiger partial charge in [-0.05, 0) is 81.8 Å². The molecule has 8 heteroatoms. The van der Waals surface area contributed by atoms with Crippen molar-refractivity contribution in [2.45, 2.75) is 91.6 Å². The number of ether oxygens (including phenoxy) is 4. The minimum Gasteiger partial charge on any atom is -0.491 e. The smallest absolute Gasteiger partial charge is 0.333 e. The number of aliphatic hydroxyl groups is 2. The molecule has 0 amide bonds. The number of hydrogen-bond donors (Lipinski definition) is 2. The Morgan fingerprint density at radius 3 is 1.90 bits per heavy atom. The molecule has 4 unspecified atom stereocenters. The minimum atomic E-state index is -0.828. The monoisotopic (exact) mass is 582 g/mol. The van der Waals surface area contributed by atoms with Gasteiger partial charge in [-0.2, -0.15) is 0 Å². The number of hydrogen-bond acceptors (Lipinski definition) is 8. The predicted octanol–water partition coefficient (Wildman–Crippen LogP) is 5.56. The normalized spacial score (nSPS) is 13.8. The Kier molecular flexibility index (Phi) is 13.8. The number of benzene rings is 2. The Morgan fingerprint density at radius 2 is 1.38 bits per heavy atom. The van der Waals surface area contributed by atoms with E-state index in [9.17, 15) is 19.8 Å². The third kappa shape index (κ3) is 11.7. The lowest BCUT2D eigenvalue weighted by molar-refractivity contribution is -0.145. The molecule has 2 aromatic carbocycles. The number of aryl methyl sites for hydroxylation is 2. The molecule has 42 heavy (non-hydrogen) atoms. The van der Waals surface area contributed by atoms with E-state index < -0.39 is 30.3 Å². The number of carbonyl (C=O) groups is 2. The van der Waals surface area contributed by atoms with Crippen molar-refractivity contribution in [3.05, 3.63) is 83.0 Å². The molecule has 4 atom stereocenters. The molecule has 0 aliphatic rings.